The van der Waals surface area contributed by atoms with E-state index >= 15 is 0 Å². The van der Waals surface area contributed by atoms with Gasteiger partial charge in [-0.25, -0.2) is 19.6 Å². The van der Waals surface area contributed by atoms with Gasteiger partial charge in [-0.3, -0.25) is 5.43 Å². The molecule has 0 aliphatic rings. The fourth-order valence-electron chi connectivity index (χ4n) is 1.51. The average molecular weight is 341 g/mol. The fourth-order valence-corrected chi connectivity index (χ4v) is 1.91. The summed E-state index contributed by atoms with van der Waals surface area (Å²) in [7, 11) is 0. The van der Waals surface area contributed by atoms with Crippen molar-refractivity contribution in [3.05, 3.63) is 58.6 Å². The Morgan fingerprint density at radius 1 is 1.10 bits per heavy atom. The van der Waals surface area contributed by atoms with Crippen LogP contribution in [0.5, 0.6) is 0 Å². The Balaban J connectivity index is 2.32. The summed E-state index contributed by atoms with van der Waals surface area (Å²) in [5.41, 5.74) is 2.52. The SMILES string of the molecule is NNC(=Nc1c(F)cc(Br)cc1F)Nc1ccccc1. The van der Waals surface area contributed by atoms with Crippen LogP contribution in [0.3, 0.4) is 0 Å². The first kappa shape index (κ1) is 14.4. The van der Waals surface area contributed by atoms with Gasteiger partial charge in [0.2, 0.25) is 5.96 Å². The van der Waals surface area contributed by atoms with E-state index in [0.29, 0.717) is 10.2 Å². The maximum atomic E-state index is 13.7. The van der Waals surface area contributed by atoms with Crippen LogP contribution in [0, 0.1) is 11.6 Å². The van der Waals surface area contributed by atoms with E-state index in [-0.39, 0.29) is 5.96 Å². The van der Waals surface area contributed by atoms with Gasteiger partial charge < -0.3 is 5.32 Å². The zero-order valence-corrected chi connectivity index (χ0v) is 11.8. The second-order valence-corrected chi connectivity index (χ2v) is 4.73. The Morgan fingerprint density at radius 2 is 1.70 bits per heavy atom. The standard InChI is InChI=1S/C13H11BrF2N4/c14-8-6-10(15)12(11(16)7-8)19-13(20-17)18-9-4-2-1-3-5-9/h1-7H,17H2,(H2,18,19,20). The highest BCUT2D eigenvalue weighted by atomic mass is 79.9. The van der Waals surface area contributed by atoms with Gasteiger partial charge in [0.25, 0.3) is 0 Å². The highest BCUT2D eigenvalue weighted by Crippen LogP contribution is 2.26. The second-order valence-electron chi connectivity index (χ2n) is 3.81. The summed E-state index contributed by atoms with van der Waals surface area (Å²) in [6.45, 7) is 0. The van der Waals surface area contributed by atoms with E-state index in [0.717, 1.165) is 12.1 Å². The van der Waals surface area contributed by atoms with E-state index < -0.39 is 17.3 Å². The van der Waals surface area contributed by atoms with Gasteiger partial charge in [-0.15, -0.1) is 0 Å². The van der Waals surface area contributed by atoms with Crippen molar-refractivity contribution in [3.8, 4) is 0 Å². The number of nitrogens with one attached hydrogen (secondary N) is 2. The Labute approximate surface area is 122 Å². The van der Waals surface area contributed by atoms with E-state index in [1.54, 1.807) is 24.3 Å². The van der Waals surface area contributed by atoms with Crippen molar-refractivity contribution in [3.63, 3.8) is 0 Å². The monoisotopic (exact) mass is 340 g/mol. The molecule has 2 aromatic carbocycles. The molecule has 20 heavy (non-hydrogen) atoms. The fraction of sp³-hybridized carbons (Fsp3) is 0. The third-order valence-electron chi connectivity index (χ3n) is 2.38. The summed E-state index contributed by atoms with van der Waals surface area (Å²) in [6, 6.07) is 11.2. The number of guanidine groups is 1. The summed E-state index contributed by atoms with van der Waals surface area (Å²) in [5, 5.41) is 2.82. The molecule has 104 valence electrons. The van der Waals surface area contributed by atoms with Crippen LogP contribution in [0.2, 0.25) is 0 Å². The van der Waals surface area contributed by atoms with Crippen molar-refractivity contribution < 1.29 is 8.78 Å². The quantitative estimate of drug-likeness (QED) is 0.340. The van der Waals surface area contributed by atoms with E-state index in [1.165, 1.54) is 0 Å². The summed E-state index contributed by atoms with van der Waals surface area (Å²) < 4.78 is 27.6. The van der Waals surface area contributed by atoms with Crippen LogP contribution in [0.25, 0.3) is 0 Å². The number of nitrogens with zero attached hydrogens (tertiary/aromatic N) is 1. The third-order valence-corrected chi connectivity index (χ3v) is 2.84. The molecule has 7 heteroatoms. The molecule has 0 bridgehead atoms. The molecule has 0 amide bonds. The van der Waals surface area contributed by atoms with Crippen molar-refractivity contribution >= 4 is 33.3 Å². The number of nitrogens with two attached hydrogens (primary N) is 1. The average Bonchev–Trinajstić information content (AvgIpc) is 2.42. The van der Waals surface area contributed by atoms with Crippen molar-refractivity contribution in [2.45, 2.75) is 0 Å². The molecule has 0 saturated carbocycles. The summed E-state index contributed by atoms with van der Waals surface area (Å²) in [5.74, 6) is 3.74. The number of para-hydroxylation sites is 1. The van der Waals surface area contributed by atoms with Crippen LogP contribution in [-0.2, 0) is 0 Å². The molecular weight excluding hydrogens is 330 g/mol. The van der Waals surface area contributed by atoms with Crippen molar-refractivity contribution in [2.24, 2.45) is 10.8 Å². The van der Waals surface area contributed by atoms with Crippen LogP contribution in [0.1, 0.15) is 0 Å². The van der Waals surface area contributed by atoms with Crippen LogP contribution >= 0.6 is 15.9 Å². The summed E-state index contributed by atoms with van der Waals surface area (Å²) in [6.07, 6.45) is 0. The summed E-state index contributed by atoms with van der Waals surface area (Å²) in [4.78, 5) is 3.81. The molecule has 4 N–H and O–H groups in total. The zero-order chi connectivity index (χ0) is 14.5. The van der Waals surface area contributed by atoms with Gasteiger partial charge in [0.05, 0.1) is 0 Å². The molecule has 0 unspecified atom stereocenters. The predicted octanol–water partition coefficient (Wildman–Crippen LogP) is 3.29. The van der Waals surface area contributed by atoms with Gasteiger partial charge in [0.1, 0.15) is 5.69 Å². The van der Waals surface area contributed by atoms with Crippen molar-refractivity contribution in [2.75, 3.05) is 5.32 Å². The lowest BCUT2D eigenvalue weighted by Crippen LogP contribution is -2.36. The van der Waals surface area contributed by atoms with Crippen LogP contribution in [0.4, 0.5) is 20.2 Å². The Kier molecular flexibility index (Phi) is 4.65. The lowest BCUT2D eigenvalue weighted by molar-refractivity contribution is 0.586. The largest absolute Gasteiger partial charge is 0.325 e. The molecule has 0 heterocycles. The number of hydrogen-bond acceptors (Lipinski definition) is 2. The first-order valence-electron chi connectivity index (χ1n) is 5.62. The molecule has 0 aliphatic carbocycles. The Hall–Kier alpha value is -1.99. The number of hydrogen-bond donors (Lipinski definition) is 3. The van der Waals surface area contributed by atoms with Crippen LogP contribution < -0.4 is 16.6 Å². The van der Waals surface area contributed by atoms with E-state index in [2.05, 4.69) is 31.7 Å². The van der Waals surface area contributed by atoms with Gasteiger partial charge in [-0.1, -0.05) is 34.1 Å². The molecule has 2 rings (SSSR count). The molecular formula is C13H11BrF2N4. The van der Waals surface area contributed by atoms with E-state index in [9.17, 15) is 8.78 Å². The maximum absolute atomic E-state index is 13.7. The minimum absolute atomic E-state index is 0.0244. The molecule has 0 aromatic heterocycles. The Morgan fingerprint density at radius 3 is 2.25 bits per heavy atom. The topological polar surface area (TPSA) is 62.4 Å². The van der Waals surface area contributed by atoms with Crippen LogP contribution in [-0.4, -0.2) is 5.96 Å². The highest BCUT2D eigenvalue weighted by Gasteiger charge is 2.11. The first-order chi connectivity index (χ1) is 9.60. The molecule has 0 atom stereocenters. The van der Waals surface area contributed by atoms with Gasteiger partial charge in [-0.2, -0.15) is 0 Å². The number of benzene rings is 2. The Bertz CT molecular complexity index is 609. The molecule has 4 nitrogen and oxygen atoms in total. The second kappa shape index (κ2) is 6.44. The van der Waals surface area contributed by atoms with E-state index in [1.807, 2.05) is 6.07 Å². The van der Waals surface area contributed by atoms with E-state index in [4.69, 9.17) is 5.84 Å². The normalized spacial score (nSPS) is 11.3. The first-order valence-corrected chi connectivity index (χ1v) is 6.41. The number of aliphatic imine (C=N–C) groups is 1. The zero-order valence-electron chi connectivity index (χ0n) is 10.2. The molecule has 2 aromatic rings. The molecule has 0 radical (unpaired) electrons. The minimum atomic E-state index is -0.792. The summed E-state index contributed by atoms with van der Waals surface area (Å²) >= 11 is 3.00. The van der Waals surface area contributed by atoms with Gasteiger partial charge in [-0.05, 0) is 24.3 Å². The highest BCUT2D eigenvalue weighted by molar-refractivity contribution is 9.10. The van der Waals surface area contributed by atoms with Gasteiger partial charge in [0, 0.05) is 10.2 Å². The number of anilines is 1. The maximum Gasteiger partial charge on any atom is 0.215 e. The third kappa shape index (κ3) is 3.52. The molecule has 0 saturated heterocycles. The minimum Gasteiger partial charge on any atom is -0.325 e. The molecule has 0 aliphatic heterocycles. The lowest BCUT2D eigenvalue weighted by atomic mass is 10.3. The predicted molar refractivity (Wildman–Crippen MR) is 78.5 cm³/mol. The van der Waals surface area contributed by atoms with Gasteiger partial charge in [0.15, 0.2) is 11.6 Å². The van der Waals surface area contributed by atoms with Crippen molar-refractivity contribution in [1.29, 1.82) is 0 Å². The smallest absolute Gasteiger partial charge is 0.215 e. The lowest BCUT2D eigenvalue weighted by Gasteiger charge is -2.09. The molecule has 0 spiro atoms. The van der Waals surface area contributed by atoms with Crippen molar-refractivity contribution in [1.82, 2.24) is 5.43 Å². The van der Waals surface area contributed by atoms with Crippen LogP contribution in [0.15, 0.2) is 51.9 Å². The number of hydrazine groups is 1. The number of halogens is 3. The number of rotatable bonds is 2. The molecule has 0 fully saturated rings. The van der Waals surface area contributed by atoms with Gasteiger partial charge >= 0.3 is 0 Å².